The van der Waals surface area contributed by atoms with Crippen LogP contribution in [0.25, 0.3) is 0 Å². The first-order chi connectivity index (χ1) is 14.6. The maximum atomic E-state index is 13.3. The Hall–Kier alpha value is -2.13. The topological polar surface area (TPSA) is 72.3 Å². The van der Waals surface area contributed by atoms with E-state index in [1.807, 2.05) is 0 Å². The maximum absolute atomic E-state index is 13.3. The number of anilines is 2. The van der Waals surface area contributed by atoms with Crippen molar-refractivity contribution in [2.75, 3.05) is 35.7 Å². The van der Waals surface area contributed by atoms with Gasteiger partial charge in [-0.3, -0.25) is 9.36 Å². The number of nitrogens with one attached hydrogen (secondary N) is 1. The fourth-order valence-electron chi connectivity index (χ4n) is 3.88. The van der Waals surface area contributed by atoms with Crippen LogP contribution in [0.15, 0.2) is 29.4 Å². The van der Waals surface area contributed by atoms with Crippen molar-refractivity contribution in [3.05, 3.63) is 30.1 Å². The van der Waals surface area contributed by atoms with E-state index in [4.69, 9.17) is 4.74 Å². The fourth-order valence-corrected chi connectivity index (χ4v) is 4.62. The molecule has 0 unspecified atom stereocenters. The largest absolute Gasteiger partial charge is 0.376 e. The smallest absolute Gasteiger partial charge is 0.234 e. The summed E-state index contributed by atoms with van der Waals surface area (Å²) in [4.78, 5) is 14.6. The van der Waals surface area contributed by atoms with Gasteiger partial charge in [0.05, 0.1) is 18.4 Å². The van der Waals surface area contributed by atoms with Gasteiger partial charge in [-0.2, -0.15) is 0 Å². The summed E-state index contributed by atoms with van der Waals surface area (Å²) >= 11 is 1.35. The van der Waals surface area contributed by atoms with Gasteiger partial charge in [-0.1, -0.05) is 24.8 Å². The van der Waals surface area contributed by atoms with Gasteiger partial charge in [0, 0.05) is 25.4 Å². The Balaban J connectivity index is 1.44. The molecule has 1 atom stereocenters. The van der Waals surface area contributed by atoms with Gasteiger partial charge in [0.1, 0.15) is 5.82 Å². The number of halogens is 1. The molecule has 2 saturated heterocycles. The molecule has 3 heterocycles. The predicted octanol–water partition coefficient (Wildman–Crippen LogP) is 3.56. The Bertz CT molecular complexity index is 863. The summed E-state index contributed by atoms with van der Waals surface area (Å²) in [5.74, 6) is 1.20. The second-order valence-corrected chi connectivity index (χ2v) is 8.99. The monoisotopic (exact) mass is 433 g/mol. The summed E-state index contributed by atoms with van der Waals surface area (Å²) < 4.78 is 21.3. The Morgan fingerprint density at radius 2 is 2.13 bits per heavy atom. The van der Waals surface area contributed by atoms with Gasteiger partial charge in [-0.25, -0.2) is 4.39 Å². The van der Waals surface area contributed by atoms with E-state index in [2.05, 4.69) is 31.9 Å². The zero-order valence-electron chi connectivity index (χ0n) is 17.2. The van der Waals surface area contributed by atoms with Gasteiger partial charge in [-0.05, 0) is 49.8 Å². The summed E-state index contributed by atoms with van der Waals surface area (Å²) in [6.07, 6.45) is 4.54. The molecule has 0 spiro atoms. The standard InChI is InChI=1S/C21H28FN5O2S/c1-15-7-9-26(10-8-15)20-24-25-21(27(20)13-18-6-3-11-29-18)30-14-19(28)23-17-5-2-4-16(22)12-17/h2,4-5,12,15,18H,3,6-11,13-14H2,1H3,(H,23,28)/t18-/m1/s1. The molecule has 2 aromatic rings. The van der Waals surface area contributed by atoms with Gasteiger partial charge in [-0.15, -0.1) is 10.2 Å². The minimum atomic E-state index is -0.378. The summed E-state index contributed by atoms with van der Waals surface area (Å²) in [5, 5.41) is 12.3. The lowest BCUT2D eigenvalue weighted by atomic mass is 10.00. The van der Waals surface area contributed by atoms with Crippen LogP contribution in [0.1, 0.15) is 32.6 Å². The molecular formula is C21H28FN5O2S. The average molecular weight is 434 g/mol. The molecule has 162 valence electrons. The lowest BCUT2D eigenvalue weighted by Crippen LogP contribution is -2.35. The highest BCUT2D eigenvalue weighted by molar-refractivity contribution is 7.99. The molecule has 2 aliphatic rings. The number of thioether (sulfide) groups is 1. The summed E-state index contributed by atoms with van der Waals surface area (Å²) in [6, 6.07) is 5.89. The van der Waals surface area contributed by atoms with Gasteiger partial charge in [0.25, 0.3) is 0 Å². The Morgan fingerprint density at radius 1 is 1.30 bits per heavy atom. The number of carbonyl (C=O) groups is 1. The average Bonchev–Trinajstić information content (AvgIpc) is 3.38. The Morgan fingerprint density at radius 3 is 2.87 bits per heavy atom. The molecule has 1 aromatic heterocycles. The number of amides is 1. The molecule has 30 heavy (non-hydrogen) atoms. The van der Waals surface area contributed by atoms with E-state index in [9.17, 15) is 9.18 Å². The highest BCUT2D eigenvalue weighted by Crippen LogP contribution is 2.28. The van der Waals surface area contributed by atoms with E-state index in [1.54, 1.807) is 12.1 Å². The SMILES string of the molecule is CC1CCN(c2nnc(SCC(=O)Nc3cccc(F)c3)n2C[C@H]2CCCO2)CC1. The normalized spacial score (nSPS) is 19.9. The Kier molecular flexibility index (Phi) is 6.89. The lowest BCUT2D eigenvalue weighted by Gasteiger charge is -2.31. The first-order valence-electron chi connectivity index (χ1n) is 10.6. The van der Waals surface area contributed by atoms with Crippen molar-refractivity contribution in [2.45, 2.75) is 50.4 Å². The lowest BCUT2D eigenvalue weighted by molar-refractivity contribution is -0.113. The molecule has 0 aliphatic carbocycles. The highest BCUT2D eigenvalue weighted by atomic mass is 32.2. The number of ether oxygens (including phenoxy) is 1. The van der Waals surface area contributed by atoms with Gasteiger partial charge in [0.2, 0.25) is 11.9 Å². The van der Waals surface area contributed by atoms with Crippen LogP contribution in [-0.2, 0) is 16.1 Å². The molecule has 0 saturated carbocycles. The number of piperidine rings is 1. The van der Waals surface area contributed by atoms with Gasteiger partial charge >= 0.3 is 0 Å². The number of hydrogen-bond donors (Lipinski definition) is 1. The molecule has 1 aromatic carbocycles. The number of aromatic nitrogens is 3. The molecule has 4 rings (SSSR count). The van der Waals surface area contributed by atoms with Crippen LogP contribution in [0.5, 0.6) is 0 Å². The van der Waals surface area contributed by atoms with E-state index in [-0.39, 0.29) is 23.6 Å². The minimum absolute atomic E-state index is 0.156. The third-order valence-corrected chi connectivity index (χ3v) is 6.58. The first kappa shape index (κ1) is 21.1. The molecule has 2 fully saturated rings. The summed E-state index contributed by atoms with van der Waals surface area (Å²) in [7, 11) is 0. The summed E-state index contributed by atoms with van der Waals surface area (Å²) in [6.45, 7) is 5.71. The van der Waals surface area contributed by atoms with E-state index in [1.165, 1.54) is 23.9 Å². The third kappa shape index (κ3) is 5.31. The number of benzene rings is 1. The number of nitrogens with zero attached hydrogens (tertiary/aromatic N) is 4. The van der Waals surface area contributed by atoms with Gasteiger partial charge in [0.15, 0.2) is 5.16 Å². The number of carbonyl (C=O) groups excluding carboxylic acids is 1. The minimum Gasteiger partial charge on any atom is -0.376 e. The van der Waals surface area contributed by atoms with Crippen LogP contribution in [0, 0.1) is 11.7 Å². The molecule has 1 N–H and O–H groups in total. The molecule has 9 heteroatoms. The molecule has 0 bridgehead atoms. The molecule has 1 amide bonds. The second-order valence-electron chi connectivity index (χ2n) is 8.04. The molecule has 7 nitrogen and oxygen atoms in total. The van der Waals surface area contributed by atoms with E-state index >= 15 is 0 Å². The van der Waals surface area contributed by atoms with Crippen molar-refractivity contribution < 1.29 is 13.9 Å². The van der Waals surface area contributed by atoms with Crippen molar-refractivity contribution in [1.82, 2.24) is 14.8 Å². The number of hydrogen-bond acceptors (Lipinski definition) is 6. The summed E-state index contributed by atoms with van der Waals surface area (Å²) in [5.41, 5.74) is 0.449. The van der Waals surface area contributed by atoms with E-state index < -0.39 is 0 Å². The van der Waals surface area contributed by atoms with E-state index in [0.29, 0.717) is 17.4 Å². The predicted molar refractivity (Wildman–Crippen MR) is 115 cm³/mol. The van der Waals surface area contributed by atoms with Gasteiger partial charge < -0.3 is 15.0 Å². The van der Waals surface area contributed by atoms with Crippen LogP contribution < -0.4 is 10.2 Å². The molecule has 2 aliphatic heterocycles. The zero-order valence-corrected chi connectivity index (χ0v) is 18.0. The fraction of sp³-hybridized carbons (Fsp3) is 0.571. The van der Waals surface area contributed by atoms with Crippen molar-refractivity contribution in [3.8, 4) is 0 Å². The quantitative estimate of drug-likeness (QED) is 0.673. The van der Waals surface area contributed by atoms with Crippen molar-refractivity contribution in [2.24, 2.45) is 5.92 Å². The third-order valence-electron chi connectivity index (χ3n) is 5.61. The molecular weight excluding hydrogens is 405 g/mol. The van der Waals surface area contributed by atoms with E-state index in [0.717, 1.165) is 57.2 Å². The van der Waals surface area contributed by atoms with Crippen LogP contribution in [-0.4, -0.2) is 52.2 Å². The van der Waals surface area contributed by atoms with Crippen LogP contribution in [0.4, 0.5) is 16.0 Å². The second kappa shape index (κ2) is 9.78. The Labute approximate surface area is 180 Å². The van der Waals surface area contributed by atoms with Crippen LogP contribution in [0.3, 0.4) is 0 Å². The van der Waals surface area contributed by atoms with Crippen molar-refractivity contribution in [3.63, 3.8) is 0 Å². The first-order valence-corrected chi connectivity index (χ1v) is 11.5. The highest BCUT2D eigenvalue weighted by Gasteiger charge is 2.26. The van der Waals surface area contributed by atoms with Crippen molar-refractivity contribution >= 4 is 29.3 Å². The zero-order chi connectivity index (χ0) is 20.9. The number of rotatable bonds is 7. The van der Waals surface area contributed by atoms with Crippen LogP contribution >= 0.6 is 11.8 Å². The van der Waals surface area contributed by atoms with Crippen LogP contribution in [0.2, 0.25) is 0 Å². The molecule has 0 radical (unpaired) electrons. The van der Waals surface area contributed by atoms with Crippen molar-refractivity contribution in [1.29, 1.82) is 0 Å². The maximum Gasteiger partial charge on any atom is 0.234 e.